The molecule has 256 valence electrons. The molecule has 0 bridgehead atoms. The maximum Gasteiger partial charge on any atom is 0.337 e. The lowest BCUT2D eigenvalue weighted by atomic mass is 9.79. The van der Waals surface area contributed by atoms with Crippen LogP contribution in [0.15, 0.2) is 89.5 Å². The van der Waals surface area contributed by atoms with Gasteiger partial charge >= 0.3 is 5.97 Å². The third-order valence-corrected chi connectivity index (χ3v) is 10.5. The van der Waals surface area contributed by atoms with Crippen LogP contribution < -0.4 is 11.3 Å². The summed E-state index contributed by atoms with van der Waals surface area (Å²) < 4.78 is 43.4. The van der Waals surface area contributed by atoms with E-state index in [0.717, 1.165) is 57.9 Å². The van der Waals surface area contributed by atoms with E-state index in [1.54, 1.807) is 24.3 Å². The number of para-hydroxylation sites is 1. The van der Waals surface area contributed by atoms with Gasteiger partial charge in [-0.25, -0.2) is 10.6 Å². The molecule has 2 aliphatic rings. The number of hydrogen-bond donors (Lipinski definition) is 3. The Morgan fingerprint density at radius 1 is 0.918 bits per heavy atom. The molecule has 5 rings (SSSR count). The first-order chi connectivity index (χ1) is 23.1. The average Bonchev–Trinajstić information content (AvgIpc) is 3.40. The summed E-state index contributed by atoms with van der Waals surface area (Å²) in [5.74, 6) is 4.60. The van der Waals surface area contributed by atoms with Crippen LogP contribution in [0.3, 0.4) is 0 Å². The van der Waals surface area contributed by atoms with Crippen molar-refractivity contribution >= 4 is 51.4 Å². The van der Waals surface area contributed by atoms with Gasteiger partial charge in [0.25, 0.3) is 10.1 Å². The van der Waals surface area contributed by atoms with Crippen LogP contribution in [0.5, 0.6) is 0 Å². The number of esters is 1. The molecule has 0 radical (unpaired) electrons. The highest BCUT2D eigenvalue weighted by Crippen LogP contribution is 2.47. The molecule has 10 nitrogen and oxygen atoms in total. The van der Waals surface area contributed by atoms with Gasteiger partial charge in [0.2, 0.25) is 17.3 Å². The van der Waals surface area contributed by atoms with Crippen molar-refractivity contribution < 1.29 is 36.4 Å². The zero-order valence-electron chi connectivity index (χ0n) is 28.6. The fraction of sp³-hybridized carbons (Fsp3) is 0.316. The third-order valence-electron chi connectivity index (χ3n) is 9.63. The average molecular weight is 685 g/mol. The Labute approximate surface area is 288 Å². The number of amides is 1. The molecule has 0 atom stereocenters. The van der Waals surface area contributed by atoms with Gasteiger partial charge in [-0.3, -0.25) is 14.8 Å². The Balaban J connectivity index is 1.69. The van der Waals surface area contributed by atoms with Gasteiger partial charge in [0.15, 0.2) is 11.4 Å². The number of allylic oxidation sites excluding steroid dienone is 4. The molecule has 0 saturated carbocycles. The summed E-state index contributed by atoms with van der Waals surface area (Å²) >= 11 is 0. The number of nitrogens with zero attached hydrogens (tertiary/aromatic N) is 2. The van der Waals surface area contributed by atoms with E-state index in [9.17, 15) is 22.6 Å². The molecule has 3 aromatic carbocycles. The number of ether oxygens (including phenoxy) is 1. The number of unbranched alkanes of at least 4 members (excludes halogenated alkanes) is 2. The fourth-order valence-corrected chi connectivity index (χ4v) is 7.35. The van der Waals surface area contributed by atoms with Crippen molar-refractivity contribution in [2.45, 2.75) is 69.1 Å². The Bertz CT molecular complexity index is 2040. The second kappa shape index (κ2) is 13.7. The summed E-state index contributed by atoms with van der Waals surface area (Å²) in [5, 5.41) is 0. The first-order valence-electron chi connectivity index (χ1n) is 16.2. The molecule has 4 N–H and O–H groups in total. The van der Waals surface area contributed by atoms with Crippen LogP contribution in [0.4, 0.5) is 11.4 Å². The molecule has 3 aromatic rings. The Morgan fingerprint density at radius 3 is 2.22 bits per heavy atom. The standard InChI is InChI=1S/C38H42N4O6S/c1-37(2)29-12-9-10-13-31(29)41(5)33(37)22-27(25-15-17-26(18-16-25)36(44)48-6)23-34-38(3,4)30-24-28(49(45,46)47)19-20-32(30)42(34)21-11-7-8-14-35(43)40-39/h9-10,12-13,15-20,22-24,39H,5,7-8,11,14,21H2,1-4,6H3,(H-,44,45,46,47)/p+2. The quantitative estimate of drug-likeness (QED) is 0.0431. The monoisotopic (exact) mass is 684 g/mol. The van der Waals surface area contributed by atoms with Gasteiger partial charge < -0.3 is 4.74 Å². The molecule has 0 fully saturated rings. The molecule has 0 aromatic heterocycles. The summed E-state index contributed by atoms with van der Waals surface area (Å²) in [6.07, 6.45) is 6.75. The van der Waals surface area contributed by atoms with Crippen molar-refractivity contribution in [2.75, 3.05) is 13.7 Å². The van der Waals surface area contributed by atoms with Gasteiger partial charge in [-0.2, -0.15) is 17.6 Å². The number of hydrazine groups is 1. The molecule has 0 aliphatic carbocycles. The van der Waals surface area contributed by atoms with E-state index >= 15 is 0 Å². The predicted molar refractivity (Wildman–Crippen MR) is 190 cm³/mol. The number of nitrogens with two attached hydrogens (primary N) is 1. The third kappa shape index (κ3) is 6.92. The van der Waals surface area contributed by atoms with Gasteiger partial charge in [-0.15, -0.1) is 0 Å². The largest absolute Gasteiger partial charge is 0.465 e. The summed E-state index contributed by atoms with van der Waals surface area (Å²) in [6, 6.07) is 20.1. The minimum Gasteiger partial charge on any atom is -0.465 e. The van der Waals surface area contributed by atoms with E-state index in [4.69, 9.17) is 10.6 Å². The van der Waals surface area contributed by atoms with Gasteiger partial charge in [0.05, 0.1) is 28.4 Å². The van der Waals surface area contributed by atoms with E-state index in [-0.39, 0.29) is 16.2 Å². The highest BCUT2D eigenvalue weighted by atomic mass is 32.2. The van der Waals surface area contributed by atoms with Crippen LogP contribution in [-0.4, -0.2) is 60.1 Å². The van der Waals surface area contributed by atoms with Crippen molar-refractivity contribution in [1.29, 1.82) is 0 Å². The second-order valence-electron chi connectivity index (χ2n) is 13.5. The maximum atomic E-state index is 12.3. The molecule has 2 aliphatic heterocycles. The van der Waals surface area contributed by atoms with Gasteiger partial charge in [-0.1, -0.05) is 30.3 Å². The number of carbonyl (C=O) groups excluding carboxylic acids is 2. The van der Waals surface area contributed by atoms with Crippen molar-refractivity contribution in [3.05, 3.63) is 107 Å². The fourth-order valence-electron chi connectivity index (χ4n) is 6.84. The molecule has 0 unspecified atom stereocenters. The number of carbonyl (C=O) groups is 2. The molecule has 0 saturated heterocycles. The predicted octanol–water partition coefficient (Wildman–Crippen LogP) is 5.95. The number of fused-ring (bicyclic) bond motifs is 2. The molecule has 2 heterocycles. The number of nitrogens with one attached hydrogen (secondary N) is 1. The molecule has 49 heavy (non-hydrogen) atoms. The summed E-state index contributed by atoms with van der Waals surface area (Å²) in [7, 11) is -3.09. The van der Waals surface area contributed by atoms with E-state index in [1.807, 2.05) is 42.7 Å². The number of rotatable bonds is 11. The van der Waals surface area contributed by atoms with Gasteiger partial charge in [0.1, 0.15) is 13.3 Å². The number of methoxy groups -OCH3 is 1. The molecular formula is C38H44N4O6S+2. The molecule has 0 spiro atoms. The van der Waals surface area contributed by atoms with Crippen LogP contribution in [-0.2, 0) is 30.5 Å². The van der Waals surface area contributed by atoms with Gasteiger partial charge in [0, 0.05) is 48.3 Å². The van der Waals surface area contributed by atoms with E-state index in [1.165, 1.54) is 13.2 Å². The van der Waals surface area contributed by atoms with Crippen LogP contribution in [0.25, 0.3) is 5.57 Å². The molecule has 1 amide bonds. The maximum absolute atomic E-state index is 12.3. The lowest BCUT2D eigenvalue weighted by Gasteiger charge is -2.18. The van der Waals surface area contributed by atoms with Crippen molar-refractivity contribution in [3.63, 3.8) is 0 Å². The van der Waals surface area contributed by atoms with Crippen LogP contribution in [0.2, 0.25) is 0 Å². The number of benzene rings is 3. The highest BCUT2D eigenvalue weighted by Gasteiger charge is 2.47. The number of hydrogen-bond acceptors (Lipinski definition) is 6. The molecule has 11 heteroatoms. The highest BCUT2D eigenvalue weighted by molar-refractivity contribution is 7.85. The first kappa shape index (κ1) is 35.6. The molecular weight excluding hydrogens is 641 g/mol. The van der Waals surface area contributed by atoms with Crippen molar-refractivity contribution in [1.82, 2.24) is 5.43 Å². The van der Waals surface area contributed by atoms with Crippen LogP contribution >= 0.6 is 0 Å². The zero-order chi connectivity index (χ0) is 35.7. The van der Waals surface area contributed by atoms with E-state index < -0.39 is 21.5 Å². The van der Waals surface area contributed by atoms with Crippen LogP contribution in [0, 0.1) is 0 Å². The minimum absolute atomic E-state index is 0.170. The Kier molecular flexibility index (Phi) is 9.92. The second-order valence-corrected chi connectivity index (χ2v) is 14.9. The summed E-state index contributed by atoms with van der Waals surface area (Å²) in [4.78, 5) is 23.8. The Hall–Kier alpha value is -4.71. The van der Waals surface area contributed by atoms with Crippen LogP contribution in [0.1, 0.15) is 80.4 Å². The summed E-state index contributed by atoms with van der Waals surface area (Å²) in [6.45, 7) is 13.4. The van der Waals surface area contributed by atoms with E-state index in [2.05, 4.69) is 54.9 Å². The summed E-state index contributed by atoms with van der Waals surface area (Å²) in [5.41, 5.74) is 8.92. The normalized spacial score (nSPS) is 17.2. The topological polar surface area (TPSA) is 142 Å². The first-order valence-corrected chi connectivity index (χ1v) is 17.6. The van der Waals surface area contributed by atoms with Gasteiger partial charge in [-0.05, 0) is 75.9 Å². The smallest absolute Gasteiger partial charge is 0.337 e. The zero-order valence-corrected chi connectivity index (χ0v) is 29.4. The lowest BCUT2D eigenvalue weighted by Crippen LogP contribution is -2.29. The lowest BCUT2D eigenvalue weighted by molar-refractivity contribution is -0.438. The SMILES string of the molecule is C=[N+]1C(=CC(=CC2=[N+](CCCCCC(=O)NN)c3ccc(S(=O)(=O)O)cc3C2(C)C)c2ccc(C(=O)OC)cc2)C(C)(C)c2ccccc21. The van der Waals surface area contributed by atoms with E-state index in [0.29, 0.717) is 24.9 Å². The van der Waals surface area contributed by atoms with Crippen molar-refractivity contribution in [3.8, 4) is 0 Å². The minimum atomic E-state index is -4.44. The Morgan fingerprint density at radius 2 is 1.59 bits per heavy atom. The van der Waals surface area contributed by atoms with Crippen molar-refractivity contribution in [2.24, 2.45) is 5.84 Å².